The van der Waals surface area contributed by atoms with E-state index in [9.17, 15) is 0 Å². The average molecular weight is 343 g/mol. The molecule has 5 heteroatoms. The van der Waals surface area contributed by atoms with E-state index in [1.54, 1.807) is 0 Å². The minimum Gasteiger partial charge on any atom is -0.378 e. The number of benzene rings is 1. The van der Waals surface area contributed by atoms with Crippen molar-refractivity contribution in [2.24, 2.45) is 10.9 Å². The zero-order valence-electron chi connectivity index (χ0n) is 14.5. The van der Waals surface area contributed by atoms with Crippen LogP contribution in [0, 0.1) is 5.92 Å². The van der Waals surface area contributed by atoms with E-state index in [4.69, 9.17) is 14.7 Å². The molecule has 24 heavy (non-hydrogen) atoms. The fourth-order valence-corrected chi connectivity index (χ4v) is 4.19. The minimum atomic E-state index is 0.595. The molecule has 0 amide bonds. The lowest BCUT2D eigenvalue weighted by Gasteiger charge is -2.34. The number of hydrogen-bond donors (Lipinski definition) is 0. The van der Waals surface area contributed by atoms with Gasteiger partial charge >= 0.3 is 0 Å². The van der Waals surface area contributed by atoms with Crippen molar-refractivity contribution >= 4 is 27.3 Å². The number of likely N-dealkylation sites (N-methyl/N-ethyl adjacent to an activating group) is 1. The second kappa shape index (κ2) is 6.90. The van der Waals surface area contributed by atoms with Crippen LogP contribution < -0.4 is 0 Å². The van der Waals surface area contributed by atoms with E-state index in [2.05, 4.69) is 37.1 Å². The van der Waals surface area contributed by atoms with Crippen molar-refractivity contribution in [3.05, 3.63) is 28.8 Å². The SMILES string of the molecule is CC1CCC(c2ccc3sc(CCN(C)C4COC4)nc3c2)=NC1. The van der Waals surface area contributed by atoms with Gasteiger partial charge in [0.25, 0.3) is 0 Å². The Hall–Kier alpha value is -1.30. The van der Waals surface area contributed by atoms with Gasteiger partial charge in [-0.2, -0.15) is 0 Å². The van der Waals surface area contributed by atoms with E-state index in [0.29, 0.717) is 6.04 Å². The van der Waals surface area contributed by atoms with Crippen molar-refractivity contribution in [2.75, 3.05) is 33.4 Å². The van der Waals surface area contributed by atoms with Crippen LogP contribution in [0.5, 0.6) is 0 Å². The van der Waals surface area contributed by atoms with E-state index in [0.717, 1.165) is 50.6 Å². The molecule has 0 radical (unpaired) electrons. The standard InChI is InChI=1S/C19H25N3OS/c1-13-3-5-16(20-10-13)14-4-6-18-17(9-14)21-19(24-18)7-8-22(2)15-11-23-12-15/h4,6,9,13,15H,3,5,7-8,10-12H2,1-2H3. The second-order valence-electron chi connectivity index (χ2n) is 7.14. The smallest absolute Gasteiger partial charge is 0.0951 e. The minimum absolute atomic E-state index is 0.595. The molecular weight excluding hydrogens is 318 g/mol. The third-order valence-electron chi connectivity index (χ3n) is 5.16. The predicted octanol–water partition coefficient (Wildman–Crippen LogP) is 3.39. The summed E-state index contributed by atoms with van der Waals surface area (Å²) < 4.78 is 6.55. The Morgan fingerprint density at radius 3 is 2.92 bits per heavy atom. The number of rotatable bonds is 5. The molecule has 1 fully saturated rings. The first kappa shape index (κ1) is 16.2. The van der Waals surface area contributed by atoms with Gasteiger partial charge in [-0.15, -0.1) is 11.3 Å². The van der Waals surface area contributed by atoms with Crippen LogP contribution in [0.15, 0.2) is 23.2 Å². The van der Waals surface area contributed by atoms with Gasteiger partial charge < -0.3 is 4.74 Å². The third kappa shape index (κ3) is 3.39. The van der Waals surface area contributed by atoms with E-state index in [1.165, 1.54) is 27.4 Å². The van der Waals surface area contributed by atoms with Gasteiger partial charge in [0.1, 0.15) is 0 Å². The van der Waals surface area contributed by atoms with Crippen LogP contribution in [0.25, 0.3) is 10.2 Å². The topological polar surface area (TPSA) is 37.7 Å². The molecule has 0 bridgehead atoms. The Kier molecular flexibility index (Phi) is 4.66. The molecule has 3 heterocycles. The van der Waals surface area contributed by atoms with Crippen LogP contribution in [0.4, 0.5) is 0 Å². The third-order valence-corrected chi connectivity index (χ3v) is 6.25. The Labute approximate surface area is 147 Å². The first-order chi connectivity index (χ1) is 11.7. The summed E-state index contributed by atoms with van der Waals surface area (Å²) in [7, 11) is 2.18. The molecule has 0 spiro atoms. The number of aliphatic imine (C=N–C) groups is 1. The zero-order valence-corrected chi connectivity index (χ0v) is 15.3. The highest BCUT2D eigenvalue weighted by Crippen LogP contribution is 2.26. The molecule has 0 N–H and O–H groups in total. The van der Waals surface area contributed by atoms with Crippen molar-refractivity contribution in [3.63, 3.8) is 0 Å². The number of fused-ring (bicyclic) bond motifs is 1. The molecule has 0 saturated carbocycles. The molecule has 4 rings (SSSR count). The Morgan fingerprint density at radius 2 is 2.21 bits per heavy atom. The van der Waals surface area contributed by atoms with Crippen molar-refractivity contribution in [1.82, 2.24) is 9.88 Å². The summed E-state index contributed by atoms with van der Waals surface area (Å²) in [4.78, 5) is 12.0. The first-order valence-corrected chi connectivity index (χ1v) is 9.72. The molecule has 2 aromatic rings. The van der Waals surface area contributed by atoms with Crippen LogP contribution in [-0.4, -0.2) is 55.0 Å². The van der Waals surface area contributed by atoms with Crippen molar-refractivity contribution < 1.29 is 4.74 Å². The highest BCUT2D eigenvalue weighted by molar-refractivity contribution is 7.18. The summed E-state index contributed by atoms with van der Waals surface area (Å²) in [5, 5.41) is 1.23. The highest BCUT2D eigenvalue weighted by Gasteiger charge is 2.22. The Morgan fingerprint density at radius 1 is 1.33 bits per heavy atom. The molecule has 4 nitrogen and oxygen atoms in total. The summed E-state index contributed by atoms with van der Waals surface area (Å²) in [6, 6.07) is 7.26. The molecule has 1 atom stereocenters. The van der Waals surface area contributed by atoms with Gasteiger partial charge in [0.15, 0.2) is 0 Å². The van der Waals surface area contributed by atoms with Gasteiger partial charge in [-0.25, -0.2) is 4.98 Å². The van der Waals surface area contributed by atoms with Crippen molar-refractivity contribution in [1.29, 1.82) is 0 Å². The summed E-state index contributed by atoms with van der Waals surface area (Å²) in [5.74, 6) is 0.724. The molecule has 1 aromatic heterocycles. The monoisotopic (exact) mass is 343 g/mol. The Balaban J connectivity index is 1.46. The van der Waals surface area contributed by atoms with Crippen molar-refractivity contribution in [2.45, 2.75) is 32.2 Å². The number of ether oxygens (including phenoxy) is 1. The summed E-state index contributed by atoms with van der Waals surface area (Å²) in [6.45, 7) is 6.04. The van der Waals surface area contributed by atoms with E-state index in [1.807, 2.05) is 11.3 Å². The molecular formula is C19H25N3OS. The van der Waals surface area contributed by atoms with Crippen LogP contribution in [0.2, 0.25) is 0 Å². The van der Waals surface area contributed by atoms with Crippen LogP contribution in [0.3, 0.4) is 0 Å². The fourth-order valence-electron chi connectivity index (χ4n) is 3.25. The van der Waals surface area contributed by atoms with Gasteiger partial charge in [0, 0.05) is 25.2 Å². The molecule has 1 aromatic carbocycles. The summed E-state index contributed by atoms with van der Waals surface area (Å²) >= 11 is 1.82. The largest absolute Gasteiger partial charge is 0.378 e. The van der Waals surface area contributed by atoms with E-state index in [-0.39, 0.29) is 0 Å². The number of aromatic nitrogens is 1. The first-order valence-electron chi connectivity index (χ1n) is 8.90. The van der Waals surface area contributed by atoms with Gasteiger partial charge in [-0.3, -0.25) is 9.89 Å². The number of hydrogen-bond acceptors (Lipinski definition) is 5. The average Bonchev–Trinajstić information content (AvgIpc) is 2.94. The number of thiazole rings is 1. The maximum Gasteiger partial charge on any atom is 0.0951 e. The molecule has 0 aliphatic carbocycles. The Bertz CT molecular complexity index is 750. The van der Waals surface area contributed by atoms with Crippen LogP contribution >= 0.6 is 11.3 Å². The molecule has 1 saturated heterocycles. The zero-order chi connectivity index (χ0) is 16.5. The predicted molar refractivity (Wildman–Crippen MR) is 100 cm³/mol. The van der Waals surface area contributed by atoms with Gasteiger partial charge in [0.05, 0.1) is 34.5 Å². The van der Waals surface area contributed by atoms with Gasteiger partial charge in [0.2, 0.25) is 0 Å². The number of nitrogens with zero attached hydrogens (tertiary/aromatic N) is 3. The van der Waals surface area contributed by atoms with Crippen LogP contribution in [-0.2, 0) is 11.2 Å². The molecule has 2 aliphatic rings. The lowest BCUT2D eigenvalue weighted by atomic mass is 9.96. The highest BCUT2D eigenvalue weighted by atomic mass is 32.1. The summed E-state index contributed by atoms with van der Waals surface area (Å²) in [5.41, 5.74) is 3.65. The van der Waals surface area contributed by atoms with Crippen LogP contribution in [0.1, 0.15) is 30.3 Å². The lowest BCUT2D eigenvalue weighted by Crippen LogP contribution is -2.47. The molecule has 128 valence electrons. The second-order valence-corrected chi connectivity index (χ2v) is 8.26. The quantitative estimate of drug-likeness (QED) is 0.835. The van der Waals surface area contributed by atoms with E-state index >= 15 is 0 Å². The van der Waals surface area contributed by atoms with Gasteiger partial charge in [-0.05, 0) is 43.5 Å². The fraction of sp³-hybridized carbons (Fsp3) is 0.579. The normalized spacial score (nSPS) is 22.0. The maximum absolute atomic E-state index is 5.27. The summed E-state index contributed by atoms with van der Waals surface area (Å²) in [6.07, 6.45) is 3.36. The maximum atomic E-state index is 5.27. The van der Waals surface area contributed by atoms with Gasteiger partial charge in [-0.1, -0.05) is 13.0 Å². The van der Waals surface area contributed by atoms with Crippen molar-refractivity contribution in [3.8, 4) is 0 Å². The van der Waals surface area contributed by atoms with E-state index < -0.39 is 0 Å². The molecule has 1 unspecified atom stereocenters. The lowest BCUT2D eigenvalue weighted by molar-refractivity contribution is -0.0555. The molecule has 2 aliphatic heterocycles.